The third-order valence-electron chi connectivity index (χ3n) is 2.36. The van der Waals surface area contributed by atoms with Crippen LogP contribution in [0.5, 0.6) is 0 Å². The lowest BCUT2D eigenvalue weighted by atomic mass is 10.1. The summed E-state index contributed by atoms with van der Waals surface area (Å²) in [6, 6.07) is 1.95. The summed E-state index contributed by atoms with van der Waals surface area (Å²) < 4.78 is 36.8. The Kier molecular flexibility index (Phi) is 2.89. The van der Waals surface area contributed by atoms with Gasteiger partial charge in [0, 0.05) is 24.8 Å². The van der Waals surface area contributed by atoms with Gasteiger partial charge in [-0.1, -0.05) is 0 Å². The molecule has 0 amide bonds. The predicted octanol–water partition coefficient (Wildman–Crippen LogP) is 2.32. The molecular weight excluding hydrogens is 216 g/mol. The van der Waals surface area contributed by atoms with Crippen LogP contribution >= 0.6 is 0 Å². The van der Waals surface area contributed by atoms with E-state index in [2.05, 4.69) is 0 Å². The van der Waals surface area contributed by atoms with Crippen molar-refractivity contribution in [2.24, 2.45) is 5.73 Å². The van der Waals surface area contributed by atoms with Crippen molar-refractivity contribution in [3.05, 3.63) is 35.1 Å². The third-order valence-corrected chi connectivity index (χ3v) is 2.36. The van der Waals surface area contributed by atoms with Crippen LogP contribution in [0.2, 0.25) is 0 Å². The summed E-state index contributed by atoms with van der Waals surface area (Å²) in [5.41, 5.74) is 6.16. The monoisotopic (exact) mass is 227 g/mol. The summed E-state index contributed by atoms with van der Waals surface area (Å²) in [5.74, 6) is -0.918. The van der Waals surface area contributed by atoms with Gasteiger partial charge < -0.3 is 14.9 Å². The fraction of sp³-hybridized carbons (Fsp3) is 0.273. The van der Waals surface area contributed by atoms with Gasteiger partial charge in [-0.2, -0.15) is 0 Å². The molecule has 0 saturated carbocycles. The van der Waals surface area contributed by atoms with Crippen LogP contribution in [0.25, 0.3) is 11.0 Å². The molecule has 2 rings (SSSR count). The molecule has 0 saturated heterocycles. The van der Waals surface area contributed by atoms with Gasteiger partial charge in [0.2, 0.25) is 0 Å². The Labute approximate surface area is 90.8 Å². The van der Waals surface area contributed by atoms with Crippen molar-refractivity contribution in [2.45, 2.75) is 13.2 Å². The van der Waals surface area contributed by atoms with Crippen LogP contribution in [0.3, 0.4) is 0 Å². The van der Waals surface area contributed by atoms with Crippen molar-refractivity contribution >= 4 is 11.0 Å². The molecule has 3 nitrogen and oxygen atoms in total. The first kappa shape index (κ1) is 11.0. The first-order valence-corrected chi connectivity index (χ1v) is 4.75. The van der Waals surface area contributed by atoms with Gasteiger partial charge in [0.25, 0.3) is 0 Å². The first-order valence-electron chi connectivity index (χ1n) is 4.75. The molecule has 0 spiro atoms. The summed E-state index contributed by atoms with van der Waals surface area (Å²) in [4.78, 5) is 0. The number of benzene rings is 1. The molecule has 0 radical (unpaired) electrons. The van der Waals surface area contributed by atoms with Gasteiger partial charge >= 0.3 is 0 Å². The Balaban J connectivity index is 2.73. The van der Waals surface area contributed by atoms with Crippen LogP contribution in [-0.2, 0) is 17.9 Å². The van der Waals surface area contributed by atoms with Crippen LogP contribution < -0.4 is 5.73 Å². The largest absolute Gasteiger partial charge is 0.459 e. The van der Waals surface area contributed by atoms with Crippen LogP contribution in [0.4, 0.5) is 8.78 Å². The summed E-state index contributed by atoms with van der Waals surface area (Å²) in [5, 5.41) is 0.240. The van der Waals surface area contributed by atoms with Crippen molar-refractivity contribution < 1.29 is 17.9 Å². The molecule has 0 aliphatic heterocycles. The number of ether oxygens (including phenoxy) is 1. The van der Waals surface area contributed by atoms with E-state index >= 15 is 0 Å². The first-order chi connectivity index (χ1) is 7.67. The lowest BCUT2D eigenvalue weighted by Gasteiger charge is -1.99. The quantitative estimate of drug-likeness (QED) is 0.875. The molecule has 0 fully saturated rings. The maximum Gasteiger partial charge on any atom is 0.140 e. The zero-order chi connectivity index (χ0) is 11.7. The second-order valence-corrected chi connectivity index (χ2v) is 3.40. The molecular formula is C11H11F2NO2. The topological polar surface area (TPSA) is 48.4 Å². The summed E-state index contributed by atoms with van der Waals surface area (Å²) >= 11 is 0. The van der Waals surface area contributed by atoms with Gasteiger partial charge in [-0.15, -0.1) is 0 Å². The summed E-state index contributed by atoms with van der Waals surface area (Å²) in [7, 11) is 1.49. The molecule has 1 heterocycles. The fourth-order valence-electron chi connectivity index (χ4n) is 1.72. The second kappa shape index (κ2) is 4.19. The molecule has 16 heavy (non-hydrogen) atoms. The average molecular weight is 227 g/mol. The second-order valence-electron chi connectivity index (χ2n) is 3.40. The van der Waals surface area contributed by atoms with E-state index < -0.39 is 11.6 Å². The van der Waals surface area contributed by atoms with Gasteiger partial charge in [0.05, 0.1) is 18.5 Å². The normalized spacial score (nSPS) is 11.2. The summed E-state index contributed by atoms with van der Waals surface area (Å²) in [6.07, 6.45) is 0. The highest BCUT2D eigenvalue weighted by atomic mass is 19.1. The molecule has 1 aromatic carbocycles. The number of nitrogens with two attached hydrogens (primary N) is 1. The number of methoxy groups -OCH3 is 1. The van der Waals surface area contributed by atoms with Crippen molar-refractivity contribution in [1.29, 1.82) is 0 Å². The zero-order valence-electron chi connectivity index (χ0n) is 8.72. The molecule has 0 aliphatic rings. The zero-order valence-corrected chi connectivity index (χ0v) is 8.72. The van der Waals surface area contributed by atoms with Crippen LogP contribution in [-0.4, -0.2) is 7.11 Å². The minimum absolute atomic E-state index is 0.119. The lowest BCUT2D eigenvalue weighted by molar-refractivity contribution is 0.183. The van der Waals surface area contributed by atoms with Gasteiger partial charge in [0.15, 0.2) is 0 Å². The third kappa shape index (κ3) is 1.68. The van der Waals surface area contributed by atoms with E-state index in [4.69, 9.17) is 14.9 Å². The number of fused-ring (bicyclic) bond motifs is 1. The van der Waals surface area contributed by atoms with Gasteiger partial charge in [-0.05, 0) is 0 Å². The van der Waals surface area contributed by atoms with Crippen molar-refractivity contribution in [3.63, 3.8) is 0 Å². The SMILES string of the molecule is COCc1c(CN)oc2cc(F)cc(F)c12. The van der Waals surface area contributed by atoms with Crippen LogP contribution in [0, 0.1) is 11.6 Å². The maximum absolute atomic E-state index is 13.6. The number of hydrogen-bond donors (Lipinski definition) is 1. The lowest BCUT2D eigenvalue weighted by Crippen LogP contribution is -1.99. The fourth-order valence-corrected chi connectivity index (χ4v) is 1.72. The van der Waals surface area contributed by atoms with E-state index in [0.29, 0.717) is 11.3 Å². The van der Waals surface area contributed by atoms with Gasteiger partial charge in [0.1, 0.15) is 23.0 Å². The Morgan fingerprint density at radius 1 is 1.38 bits per heavy atom. The Hall–Kier alpha value is -1.46. The van der Waals surface area contributed by atoms with Crippen molar-refractivity contribution in [2.75, 3.05) is 7.11 Å². The van der Waals surface area contributed by atoms with E-state index in [0.717, 1.165) is 12.1 Å². The van der Waals surface area contributed by atoms with Gasteiger partial charge in [-0.25, -0.2) is 8.78 Å². The molecule has 2 N–H and O–H groups in total. The highest BCUT2D eigenvalue weighted by Crippen LogP contribution is 2.29. The Bertz CT molecular complexity index is 522. The van der Waals surface area contributed by atoms with Gasteiger partial charge in [-0.3, -0.25) is 0 Å². The van der Waals surface area contributed by atoms with Crippen LogP contribution in [0.1, 0.15) is 11.3 Å². The number of furan rings is 1. The number of hydrogen-bond acceptors (Lipinski definition) is 3. The highest BCUT2D eigenvalue weighted by Gasteiger charge is 2.17. The van der Waals surface area contributed by atoms with E-state index in [9.17, 15) is 8.78 Å². The Morgan fingerprint density at radius 2 is 2.12 bits per heavy atom. The van der Waals surface area contributed by atoms with E-state index in [1.54, 1.807) is 0 Å². The predicted molar refractivity (Wildman–Crippen MR) is 54.7 cm³/mol. The molecule has 5 heteroatoms. The maximum atomic E-state index is 13.6. The summed E-state index contributed by atoms with van der Waals surface area (Å²) in [6.45, 7) is 0.302. The van der Waals surface area contributed by atoms with E-state index in [-0.39, 0.29) is 24.1 Å². The van der Waals surface area contributed by atoms with Crippen molar-refractivity contribution in [3.8, 4) is 0 Å². The minimum Gasteiger partial charge on any atom is -0.459 e. The van der Waals surface area contributed by atoms with E-state index in [1.165, 1.54) is 7.11 Å². The standard InChI is InChI=1S/C11H11F2NO2/c1-15-5-7-10(4-14)16-9-3-6(12)2-8(13)11(7)9/h2-3H,4-5,14H2,1H3. The number of rotatable bonds is 3. The molecule has 0 aliphatic carbocycles. The Morgan fingerprint density at radius 3 is 2.75 bits per heavy atom. The molecule has 1 aromatic heterocycles. The minimum atomic E-state index is -0.675. The van der Waals surface area contributed by atoms with Crippen LogP contribution in [0.15, 0.2) is 16.5 Å². The molecule has 86 valence electrons. The van der Waals surface area contributed by atoms with E-state index in [1.807, 2.05) is 0 Å². The molecule has 0 atom stereocenters. The molecule has 0 unspecified atom stereocenters. The number of halogens is 2. The smallest absolute Gasteiger partial charge is 0.140 e. The molecule has 0 bridgehead atoms. The van der Waals surface area contributed by atoms with Crippen molar-refractivity contribution in [1.82, 2.24) is 0 Å². The average Bonchev–Trinajstić information content (AvgIpc) is 2.57. The molecule has 2 aromatic rings. The highest BCUT2D eigenvalue weighted by molar-refractivity contribution is 5.83.